The average molecular weight is 346 g/mol. The second-order valence-corrected chi connectivity index (χ2v) is 5.88. The Bertz CT molecular complexity index is 719. The molecular formula is C18H18O5S. The molecule has 2 aromatic rings. The predicted octanol–water partition coefficient (Wildman–Crippen LogP) is 3.68. The van der Waals surface area contributed by atoms with E-state index in [1.165, 1.54) is 30.6 Å². The molecule has 24 heavy (non-hydrogen) atoms. The van der Waals surface area contributed by atoms with Gasteiger partial charge in [0.1, 0.15) is 0 Å². The Kier molecular flexibility index (Phi) is 6.57. The summed E-state index contributed by atoms with van der Waals surface area (Å²) in [6, 6.07) is 8.37. The van der Waals surface area contributed by atoms with Crippen LogP contribution in [0.15, 0.2) is 41.8 Å². The molecule has 0 amide bonds. The van der Waals surface area contributed by atoms with E-state index in [0.717, 1.165) is 4.88 Å². The van der Waals surface area contributed by atoms with Crippen LogP contribution in [0.2, 0.25) is 0 Å². The summed E-state index contributed by atoms with van der Waals surface area (Å²) in [5.74, 6) is -0.0522. The average Bonchev–Trinajstić information content (AvgIpc) is 3.12. The molecule has 0 aliphatic carbocycles. The molecule has 0 bridgehead atoms. The van der Waals surface area contributed by atoms with Gasteiger partial charge in [-0.2, -0.15) is 0 Å². The number of carbonyl (C=O) groups excluding carboxylic acids is 2. The van der Waals surface area contributed by atoms with Crippen LogP contribution in [0.4, 0.5) is 0 Å². The normalized spacial score (nSPS) is 10.7. The SMILES string of the molecule is COc1cc(/C=C/C(=O)OCCCC(=O)c2cccs2)ccc1O. The lowest BCUT2D eigenvalue weighted by molar-refractivity contribution is -0.137. The van der Waals surface area contributed by atoms with E-state index in [-0.39, 0.29) is 18.1 Å². The Morgan fingerprint density at radius 1 is 1.29 bits per heavy atom. The number of ketones is 1. The first-order chi connectivity index (χ1) is 11.6. The Hall–Kier alpha value is -2.60. The van der Waals surface area contributed by atoms with Crippen molar-refractivity contribution in [1.82, 2.24) is 0 Å². The highest BCUT2D eigenvalue weighted by Crippen LogP contribution is 2.26. The molecule has 6 heteroatoms. The van der Waals surface area contributed by atoms with Crippen LogP contribution in [-0.4, -0.2) is 30.6 Å². The summed E-state index contributed by atoms with van der Waals surface area (Å²) in [6.07, 6.45) is 3.71. The molecule has 0 atom stereocenters. The molecule has 0 saturated heterocycles. The number of rotatable bonds is 8. The maximum atomic E-state index is 11.8. The van der Waals surface area contributed by atoms with Gasteiger partial charge in [-0.3, -0.25) is 4.79 Å². The van der Waals surface area contributed by atoms with Crippen molar-refractivity contribution in [3.8, 4) is 11.5 Å². The number of thiophene rings is 1. The molecule has 0 saturated carbocycles. The van der Waals surface area contributed by atoms with Gasteiger partial charge in [0, 0.05) is 12.5 Å². The molecule has 0 radical (unpaired) electrons. The van der Waals surface area contributed by atoms with E-state index in [1.54, 1.807) is 24.3 Å². The highest BCUT2D eigenvalue weighted by molar-refractivity contribution is 7.12. The van der Waals surface area contributed by atoms with Crippen molar-refractivity contribution < 1.29 is 24.2 Å². The van der Waals surface area contributed by atoms with Gasteiger partial charge in [-0.1, -0.05) is 12.1 Å². The number of phenolic OH excluding ortho intramolecular Hbond substituents is 1. The van der Waals surface area contributed by atoms with Crippen molar-refractivity contribution in [3.05, 3.63) is 52.2 Å². The molecule has 2 rings (SSSR count). The molecule has 1 N–H and O–H groups in total. The largest absolute Gasteiger partial charge is 0.504 e. The lowest BCUT2D eigenvalue weighted by Crippen LogP contribution is -2.05. The zero-order chi connectivity index (χ0) is 17.4. The van der Waals surface area contributed by atoms with Gasteiger partial charge in [0.25, 0.3) is 0 Å². The van der Waals surface area contributed by atoms with Crippen LogP contribution < -0.4 is 4.74 Å². The van der Waals surface area contributed by atoms with E-state index in [1.807, 2.05) is 11.4 Å². The van der Waals surface area contributed by atoms with E-state index < -0.39 is 5.97 Å². The number of hydrogen-bond donors (Lipinski definition) is 1. The first-order valence-corrected chi connectivity index (χ1v) is 8.26. The minimum absolute atomic E-state index is 0.0348. The van der Waals surface area contributed by atoms with Crippen LogP contribution >= 0.6 is 11.3 Å². The van der Waals surface area contributed by atoms with Gasteiger partial charge >= 0.3 is 5.97 Å². The maximum Gasteiger partial charge on any atom is 0.330 e. The third-order valence-electron chi connectivity index (χ3n) is 3.20. The van der Waals surface area contributed by atoms with Crippen molar-refractivity contribution in [2.45, 2.75) is 12.8 Å². The summed E-state index contributed by atoms with van der Waals surface area (Å²) in [6.45, 7) is 0.194. The Balaban J connectivity index is 1.74. The third-order valence-corrected chi connectivity index (χ3v) is 4.12. The monoisotopic (exact) mass is 346 g/mol. The number of esters is 1. The number of hydrogen-bond acceptors (Lipinski definition) is 6. The topological polar surface area (TPSA) is 72.8 Å². The van der Waals surface area contributed by atoms with Gasteiger partial charge in [-0.15, -0.1) is 11.3 Å². The van der Waals surface area contributed by atoms with E-state index in [2.05, 4.69) is 0 Å². The van der Waals surface area contributed by atoms with Gasteiger partial charge in [-0.25, -0.2) is 4.79 Å². The molecule has 126 valence electrons. The summed E-state index contributed by atoms with van der Waals surface area (Å²) in [5, 5.41) is 11.4. The predicted molar refractivity (Wildman–Crippen MR) is 92.5 cm³/mol. The molecule has 0 unspecified atom stereocenters. The molecule has 5 nitrogen and oxygen atoms in total. The smallest absolute Gasteiger partial charge is 0.330 e. The van der Waals surface area contributed by atoms with Gasteiger partial charge < -0.3 is 14.6 Å². The van der Waals surface area contributed by atoms with Gasteiger partial charge in [-0.05, 0) is 41.6 Å². The first-order valence-electron chi connectivity index (χ1n) is 7.38. The van der Waals surface area contributed by atoms with Gasteiger partial charge in [0.05, 0.1) is 18.6 Å². The third kappa shape index (κ3) is 5.24. The number of ether oxygens (including phenoxy) is 2. The number of methoxy groups -OCH3 is 1. The number of carbonyl (C=O) groups is 2. The quantitative estimate of drug-likeness (QED) is 0.342. The summed E-state index contributed by atoms with van der Waals surface area (Å²) in [4.78, 5) is 24.1. The fourth-order valence-corrected chi connectivity index (χ4v) is 2.67. The summed E-state index contributed by atoms with van der Waals surface area (Å²) < 4.78 is 10.1. The summed E-state index contributed by atoms with van der Waals surface area (Å²) in [7, 11) is 1.45. The van der Waals surface area contributed by atoms with Crippen molar-refractivity contribution in [1.29, 1.82) is 0 Å². The molecule has 1 heterocycles. The van der Waals surface area contributed by atoms with Crippen molar-refractivity contribution in [2.75, 3.05) is 13.7 Å². The van der Waals surface area contributed by atoms with E-state index in [9.17, 15) is 14.7 Å². The number of aromatic hydroxyl groups is 1. The summed E-state index contributed by atoms with van der Waals surface area (Å²) >= 11 is 1.41. The van der Waals surface area contributed by atoms with Crippen molar-refractivity contribution in [2.24, 2.45) is 0 Å². The fourth-order valence-electron chi connectivity index (χ4n) is 1.98. The first kappa shape index (κ1) is 17.7. The van der Waals surface area contributed by atoms with Crippen LogP contribution in [0.1, 0.15) is 28.1 Å². The fraction of sp³-hybridized carbons (Fsp3) is 0.222. The zero-order valence-electron chi connectivity index (χ0n) is 13.2. The van der Waals surface area contributed by atoms with Crippen molar-refractivity contribution in [3.63, 3.8) is 0 Å². The summed E-state index contributed by atoms with van der Waals surface area (Å²) in [5.41, 5.74) is 0.703. The lowest BCUT2D eigenvalue weighted by Gasteiger charge is -2.04. The molecule has 0 aliphatic rings. The second-order valence-electron chi connectivity index (χ2n) is 4.94. The van der Waals surface area contributed by atoms with Crippen LogP contribution in [-0.2, 0) is 9.53 Å². The molecular weight excluding hydrogens is 328 g/mol. The van der Waals surface area contributed by atoms with E-state index >= 15 is 0 Å². The van der Waals surface area contributed by atoms with E-state index in [4.69, 9.17) is 9.47 Å². The molecule has 0 aliphatic heterocycles. The van der Waals surface area contributed by atoms with Gasteiger partial charge in [0.15, 0.2) is 17.3 Å². The number of Topliss-reactive ketones (excluding diaryl/α,β-unsaturated/α-hetero) is 1. The Labute approximate surface area is 144 Å². The van der Waals surface area contributed by atoms with Crippen LogP contribution in [0, 0.1) is 0 Å². The zero-order valence-corrected chi connectivity index (χ0v) is 14.0. The minimum Gasteiger partial charge on any atom is -0.504 e. The Morgan fingerprint density at radius 2 is 2.12 bits per heavy atom. The number of benzene rings is 1. The van der Waals surface area contributed by atoms with Crippen LogP contribution in [0.5, 0.6) is 11.5 Å². The van der Waals surface area contributed by atoms with E-state index in [0.29, 0.717) is 24.2 Å². The minimum atomic E-state index is -0.481. The standard InChI is InChI=1S/C18H18O5S/c1-22-16-12-13(6-8-14(16)19)7-9-18(21)23-10-2-4-15(20)17-5-3-11-24-17/h3,5-9,11-12,19H,2,4,10H2,1H3/b9-7+. The number of phenols is 1. The molecule has 1 aromatic carbocycles. The second kappa shape index (κ2) is 8.88. The highest BCUT2D eigenvalue weighted by Gasteiger charge is 2.07. The molecule has 0 fully saturated rings. The maximum absolute atomic E-state index is 11.8. The molecule has 0 spiro atoms. The van der Waals surface area contributed by atoms with Crippen LogP contribution in [0.25, 0.3) is 6.08 Å². The lowest BCUT2D eigenvalue weighted by atomic mass is 10.2. The Morgan fingerprint density at radius 3 is 2.83 bits per heavy atom. The van der Waals surface area contributed by atoms with Gasteiger partial charge in [0.2, 0.25) is 0 Å². The molecule has 1 aromatic heterocycles. The highest BCUT2D eigenvalue weighted by atomic mass is 32.1. The van der Waals surface area contributed by atoms with Crippen molar-refractivity contribution >= 4 is 29.2 Å². The van der Waals surface area contributed by atoms with Crippen LogP contribution in [0.3, 0.4) is 0 Å².